The number of nitrogens with zero attached hydrogens (tertiary/aromatic N) is 2. The van der Waals surface area contributed by atoms with Crippen LogP contribution in [0, 0.1) is 0 Å². The maximum absolute atomic E-state index is 9.61. The van der Waals surface area contributed by atoms with Crippen molar-refractivity contribution in [2.45, 2.75) is 32.3 Å². The van der Waals surface area contributed by atoms with E-state index >= 15 is 0 Å². The van der Waals surface area contributed by atoms with Crippen LogP contribution in [0.5, 0.6) is 0 Å². The second-order valence-corrected chi connectivity index (χ2v) is 3.71. The standard InChI is InChI=1S/C11H20N2O2/c1-3-8-15-9-11(14)5-4-10-6-7-12-13(10)2/h6-7,11,14H,3-5,8-9H2,1-2H3. The van der Waals surface area contributed by atoms with Crippen molar-refractivity contribution in [3.63, 3.8) is 0 Å². The molecule has 0 aliphatic rings. The zero-order valence-electron chi connectivity index (χ0n) is 9.52. The predicted molar refractivity (Wildman–Crippen MR) is 58.6 cm³/mol. The van der Waals surface area contributed by atoms with Crippen molar-refractivity contribution < 1.29 is 9.84 Å². The smallest absolute Gasteiger partial charge is 0.0777 e. The molecular formula is C11H20N2O2. The molecule has 15 heavy (non-hydrogen) atoms. The van der Waals surface area contributed by atoms with Crippen molar-refractivity contribution >= 4 is 0 Å². The van der Waals surface area contributed by atoms with E-state index in [2.05, 4.69) is 12.0 Å². The summed E-state index contributed by atoms with van der Waals surface area (Å²) in [4.78, 5) is 0. The fourth-order valence-electron chi connectivity index (χ4n) is 1.41. The van der Waals surface area contributed by atoms with Gasteiger partial charge in [0, 0.05) is 25.5 Å². The summed E-state index contributed by atoms with van der Waals surface area (Å²) in [5.41, 5.74) is 1.14. The first-order valence-corrected chi connectivity index (χ1v) is 5.46. The lowest BCUT2D eigenvalue weighted by Gasteiger charge is -2.10. The molecule has 1 unspecified atom stereocenters. The molecule has 0 amide bonds. The van der Waals surface area contributed by atoms with Crippen LogP contribution in [-0.2, 0) is 18.2 Å². The third kappa shape index (κ3) is 4.44. The summed E-state index contributed by atoms with van der Waals surface area (Å²) in [6.45, 7) is 3.22. The third-order valence-corrected chi connectivity index (χ3v) is 2.31. The monoisotopic (exact) mass is 212 g/mol. The van der Waals surface area contributed by atoms with Gasteiger partial charge in [0.2, 0.25) is 0 Å². The van der Waals surface area contributed by atoms with Gasteiger partial charge in [-0.2, -0.15) is 5.10 Å². The molecule has 0 aromatic carbocycles. The van der Waals surface area contributed by atoms with Crippen LogP contribution in [0.15, 0.2) is 12.3 Å². The van der Waals surface area contributed by atoms with E-state index in [9.17, 15) is 5.11 Å². The van der Waals surface area contributed by atoms with Crippen molar-refractivity contribution in [1.82, 2.24) is 9.78 Å². The number of aliphatic hydroxyl groups is 1. The molecule has 4 heteroatoms. The maximum atomic E-state index is 9.61. The number of rotatable bonds is 7. The summed E-state index contributed by atoms with van der Waals surface area (Å²) >= 11 is 0. The van der Waals surface area contributed by atoms with Gasteiger partial charge in [0.15, 0.2) is 0 Å². The molecule has 0 radical (unpaired) electrons. The SMILES string of the molecule is CCCOCC(O)CCc1ccnn1C. The Kier molecular flexibility index (Phi) is 5.36. The highest BCUT2D eigenvalue weighted by atomic mass is 16.5. The van der Waals surface area contributed by atoms with Crippen LogP contribution in [-0.4, -0.2) is 34.2 Å². The molecule has 1 rings (SSSR count). The third-order valence-electron chi connectivity index (χ3n) is 2.31. The molecule has 1 atom stereocenters. The minimum atomic E-state index is -0.369. The zero-order chi connectivity index (χ0) is 11.1. The fourth-order valence-corrected chi connectivity index (χ4v) is 1.41. The Morgan fingerprint density at radius 2 is 2.40 bits per heavy atom. The summed E-state index contributed by atoms with van der Waals surface area (Å²) in [6, 6.07) is 1.97. The van der Waals surface area contributed by atoms with Crippen LogP contribution in [0.3, 0.4) is 0 Å². The topological polar surface area (TPSA) is 47.3 Å². The second kappa shape index (κ2) is 6.58. The van der Waals surface area contributed by atoms with Gasteiger partial charge < -0.3 is 9.84 Å². The fraction of sp³-hybridized carbons (Fsp3) is 0.727. The van der Waals surface area contributed by atoms with Crippen LogP contribution >= 0.6 is 0 Å². The molecule has 0 saturated carbocycles. The zero-order valence-corrected chi connectivity index (χ0v) is 9.52. The van der Waals surface area contributed by atoms with Crippen LogP contribution in [0.25, 0.3) is 0 Å². The van der Waals surface area contributed by atoms with Crippen LogP contribution in [0.2, 0.25) is 0 Å². The molecule has 0 spiro atoms. The summed E-state index contributed by atoms with van der Waals surface area (Å²) in [5.74, 6) is 0. The molecule has 1 heterocycles. The Morgan fingerprint density at radius 1 is 1.60 bits per heavy atom. The average molecular weight is 212 g/mol. The van der Waals surface area contributed by atoms with Crippen LogP contribution < -0.4 is 0 Å². The van der Waals surface area contributed by atoms with Gasteiger partial charge in [-0.25, -0.2) is 0 Å². The van der Waals surface area contributed by atoms with Crippen molar-refractivity contribution in [1.29, 1.82) is 0 Å². The summed E-state index contributed by atoms with van der Waals surface area (Å²) in [6.07, 6.45) is 3.96. The Hall–Kier alpha value is -0.870. The van der Waals surface area contributed by atoms with Gasteiger partial charge in [0.1, 0.15) is 0 Å². The van der Waals surface area contributed by atoms with E-state index in [-0.39, 0.29) is 6.10 Å². The maximum Gasteiger partial charge on any atom is 0.0777 e. The molecule has 0 fully saturated rings. The number of aliphatic hydroxyl groups excluding tert-OH is 1. The molecule has 1 aromatic heterocycles. The van der Waals surface area contributed by atoms with Crippen molar-refractivity contribution in [2.75, 3.05) is 13.2 Å². The normalized spacial score (nSPS) is 13.0. The Bertz CT molecular complexity index is 273. The molecule has 0 aliphatic heterocycles. The minimum absolute atomic E-state index is 0.369. The lowest BCUT2D eigenvalue weighted by molar-refractivity contribution is 0.0328. The lowest BCUT2D eigenvalue weighted by atomic mass is 10.1. The van der Waals surface area contributed by atoms with E-state index in [1.54, 1.807) is 6.20 Å². The molecule has 4 nitrogen and oxygen atoms in total. The van der Waals surface area contributed by atoms with Gasteiger partial charge in [0.05, 0.1) is 12.7 Å². The number of hydrogen-bond donors (Lipinski definition) is 1. The van der Waals surface area contributed by atoms with Gasteiger partial charge in [-0.15, -0.1) is 0 Å². The molecule has 0 aliphatic carbocycles. The first-order valence-electron chi connectivity index (χ1n) is 5.46. The second-order valence-electron chi connectivity index (χ2n) is 3.71. The van der Waals surface area contributed by atoms with Gasteiger partial charge in [0.25, 0.3) is 0 Å². The number of ether oxygens (including phenoxy) is 1. The van der Waals surface area contributed by atoms with Crippen molar-refractivity contribution in [3.8, 4) is 0 Å². The van der Waals surface area contributed by atoms with Gasteiger partial charge in [-0.3, -0.25) is 4.68 Å². The largest absolute Gasteiger partial charge is 0.391 e. The Balaban J connectivity index is 2.16. The lowest BCUT2D eigenvalue weighted by Crippen LogP contribution is -2.17. The summed E-state index contributed by atoms with van der Waals surface area (Å²) in [5, 5.41) is 13.7. The van der Waals surface area contributed by atoms with Crippen LogP contribution in [0.4, 0.5) is 0 Å². The van der Waals surface area contributed by atoms with E-state index in [1.807, 2.05) is 17.8 Å². The highest BCUT2D eigenvalue weighted by Crippen LogP contribution is 2.04. The summed E-state index contributed by atoms with van der Waals surface area (Å²) in [7, 11) is 1.91. The summed E-state index contributed by atoms with van der Waals surface area (Å²) < 4.78 is 7.11. The predicted octanol–water partition coefficient (Wildman–Crippen LogP) is 1.14. The first-order chi connectivity index (χ1) is 7.24. The molecule has 1 N–H and O–H groups in total. The van der Waals surface area contributed by atoms with E-state index < -0.39 is 0 Å². The van der Waals surface area contributed by atoms with Gasteiger partial charge >= 0.3 is 0 Å². The van der Waals surface area contributed by atoms with Crippen molar-refractivity contribution in [3.05, 3.63) is 18.0 Å². The molecule has 1 aromatic rings. The quantitative estimate of drug-likeness (QED) is 0.689. The van der Waals surface area contributed by atoms with Gasteiger partial charge in [-0.1, -0.05) is 6.92 Å². The molecule has 86 valence electrons. The number of aryl methyl sites for hydroxylation is 2. The number of hydrogen-bond acceptors (Lipinski definition) is 3. The van der Waals surface area contributed by atoms with E-state index in [4.69, 9.17) is 4.74 Å². The van der Waals surface area contributed by atoms with Crippen LogP contribution in [0.1, 0.15) is 25.5 Å². The van der Waals surface area contributed by atoms with Gasteiger partial charge in [-0.05, 0) is 25.3 Å². The average Bonchev–Trinajstić information content (AvgIpc) is 2.61. The van der Waals surface area contributed by atoms with Crippen molar-refractivity contribution in [2.24, 2.45) is 7.05 Å². The molecular weight excluding hydrogens is 192 g/mol. The van der Waals surface area contributed by atoms with E-state index in [1.165, 1.54) is 0 Å². The Morgan fingerprint density at radius 3 is 3.00 bits per heavy atom. The first kappa shape index (κ1) is 12.2. The highest BCUT2D eigenvalue weighted by Gasteiger charge is 2.06. The minimum Gasteiger partial charge on any atom is -0.391 e. The molecule has 0 bridgehead atoms. The highest BCUT2D eigenvalue weighted by molar-refractivity contribution is 4.99. The Labute approximate surface area is 90.9 Å². The molecule has 0 saturated heterocycles. The number of aromatic nitrogens is 2. The van der Waals surface area contributed by atoms with E-state index in [0.717, 1.165) is 31.6 Å². The van der Waals surface area contributed by atoms with E-state index in [0.29, 0.717) is 6.61 Å².